The number of Topliss-reactive ketones (excluding diaryl/α,β-unsaturated/α-hetero) is 1. The van der Waals surface area contributed by atoms with Gasteiger partial charge in [-0.25, -0.2) is 4.57 Å². The zero-order valence-corrected chi connectivity index (χ0v) is 22.9. The van der Waals surface area contributed by atoms with Crippen molar-refractivity contribution in [3.8, 4) is 0 Å². The Hall–Kier alpha value is -0.260. The van der Waals surface area contributed by atoms with Gasteiger partial charge in [0.2, 0.25) is 0 Å². The van der Waals surface area contributed by atoms with Crippen LogP contribution in [0.2, 0.25) is 0 Å². The average molecular weight is 493 g/mol. The van der Waals surface area contributed by atoms with Gasteiger partial charge in [0.1, 0.15) is 5.78 Å². The maximum Gasteiger partial charge on any atom is 0.472 e. The van der Waals surface area contributed by atoms with Crippen molar-refractivity contribution >= 4 is 13.6 Å². The normalized spacial score (nSPS) is 14.3. The Morgan fingerprint density at radius 2 is 1.33 bits per heavy atom. The smallest absolute Gasteiger partial charge is 0.349 e. The molecule has 0 aliphatic carbocycles. The molecule has 0 spiro atoms. The summed E-state index contributed by atoms with van der Waals surface area (Å²) in [6.07, 6.45) is 21.3. The highest BCUT2D eigenvalue weighted by Gasteiger charge is 2.23. The maximum atomic E-state index is 12.1. The summed E-state index contributed by atoms with van der Waals surface area (Å²) in [5.74, 6) is 0.0806. The van der Waals surface area contributed by atoms with Crippen LogP contribution in [-0.2, 0) is 18.4 Å². The summed E-state index contributed by atoms with van der Waals surface area (Å²) >= 11 is 0. The Morgan fingerprint density at radius 3 is 1.82 bits per heavy atom. The molecule has 0 saturated carbocycles. The summed E-state index contributed by atoms with van der Waals surface area (Å²) in [5.41, 5.74) is 0. The van der Waals surface area contributed by atoms with Gasteiger partial charge < -0.3 is 15.0 Å². The molecule has 0 amide bonds. The van der Waals surface area contributed by atoms with Crippen LogP contribution in [0.5, 0.6) is 0 Å². The van der Waals surface area contributed by atoms with Crippen molar-refractivity contribution in [3.63, 3.8) is 0 Å². The van der Waals surface area contributed by atoms with Crippen LogP contribution in [0.15, 0.2) is 0 Å². The van der Waals surface area contributed by atoms with Crippen molar-refractivity contribution in [1.82, 2.24) is 0 Å². The number of unbranched alkanes of at least 4 members (excludes halogenated alkanes) is 14. The van der Waals surface area contributed by atoms with Crippen LogP contribution in [0.3, 0.4) is 0 Å². The molecule has 33 heavy (non-hydrogen) atoms. The Kier molecular flexibility index (Phi) is 23.3. The third kappa shape index (κ3) is 24.7. The number of phosphoric acid groups is 1. The Labute approximate surface area is 204 Å². The van der Waals surface area contributed by atoms with Crippen molar-refractivity contribution in [1.29, 1.82) is 0 Å². The second-order valence-electron chi connectivity index (χ2n) is 9.66. The van der Waals surface area contributed by atoms with Gasteiger partial charge in [0.15, 0.2) is 0 Å². The predicted octanol–water partition coefficient (Wildman–Crippen LogP) is 6.56. The summed E-state index contributed by atoms with van der Waals surface area (Å²) in [6, 6.07) is 0. The lowest BCUT2D eigenvalue weighted by Crippen LogP contribution is -2.79. The Balaban J connectivity index is 3.78. The first-order chi connectivity index (χ1) is 15.9. The zero-order chi connectivity index (χ0) is 24.6. The van der Waals surface area contributed by atoms with E-state index < -0.39 is 7.82 Å². The van der Waals surface area contributed by atoms with Crippen molar-refractivity contribution < 1.29 is 28.6 Å². The summed E-state index contributed by atoms with van der Waals surface area (Å²) in [6.45, 7) is 5.13. The van der Waals surface area contributed by atoms with Gasteiger partial charge in [-0.2, -0.15) is 0 Å². The van der Waals surface area contributed by atoms with Crippen LogP contribution in [0, 0.1) is 5.92 Å². The lowest BCUT2D eigenvalue weighted by molar-refractivity contribution is -0.627. The first-order valence-electron chi connectivity index (χ1n) is 13.8. The minimum atomic E-state index is -4.03. The molecule has 6 nitrogen and oxygen atoms in total. The van der Waals surface area contributed by atoms with E-state index in [-0.39, 0.29) is 24.9 Å². The lowest BCUT2D eigenvalue weighted by Gasteiger charge is -2.18. The van der Waals surface area contributed by atoms with E-state index in [1.807, 2.05) is 7.05 Å². The van der Waals surface area contributed by atoms with E-state index in [1.54, 1.807) is 6.92 Å². The van der Waals surface area contributed by atoms with Crippen LogP contribution in [0.1, 0.15) is 129 Å². The number of rotatable bonds is 26. The first kappa shape index (κ1) is 32.7. The number of quaternary nitrogens is 1. The van der Waals surface area contributed by atoms with E-state index in [2.05, 4.69) is 12.2 Å². The van der Waals surface area contributed by atoms with Crippen LogP contribution in [0.4, 0.5) is 0 Å². The molecule has 0 aromatic carbocycles. The minimum Gasteiger partial charge on any atom is -0.349 e. The molecular weight excluding hydrogens is 437 g/mol. The van der Waals surface area contributed by atoms with Gasteiger partial charge in [-0.3, -0.25) is 9.05 Å². The average Bonchev–Trinajstić information content (AvgIpc) is 2.77. The highest BCUT2D eigenvalue weighted by Crippen LogP contribution is 2.44. The van der Waals surface area contributed by atoms with Gasteiger partial charge in [-0.15, -0.1) is 0 Å². The van der Waals surface area contributed by atoms with E-state index in [0.29, 0.717) is 6.42 Å². The molecule has 0 aromatic rings. The number of ketones is 1. The number of carbonyl (C=O) groups excluding carboxylic acids is 1. The third-order valence-electron chi connectivity index (χ3n) is 6.16. The van der Waals surface area contributed by atoms with E-state index in [1.165, 1.54) is 77.0 Å². The molecule has 0 fully saturated rings. The molecular formula is C26H55NO5P+. The molecule has 0 aliphatic rings. The number of carbonyl (C=O) groups is 1. The molecule has 7 heteroatoms. The van der Waals surface area contributed by atoms with Crippen molar-refractivity contribution in [2.45, 2.75) is 129 Å². The van der Waals surface area contributed by atoms with Crippen molar-refractivity contribution in [2.24, 2.45) is 5.92 Å². The molecule has 0 aliphatic heterocycles. The summed E-state index contributed by atoms with van der Waals surface area (Å²) in [5, 5.41) is 2.07. The second-order valence-corrected chi connectivity index (χ2v) is 11.1. The van der Waals surface area contributed by atoms with Gasteiger partial charge in [-0.05, 0) is 32.1 Å². The Morgan fingerprint density at radius 1 is 0.818 bits per heavy atom. The summed E-state index contributed by atoms with van der Waals surface area (Å²) in [7, 11) is -2.04. The quantitative estimate of drug-likeness (QED) is 0.105. The molecule has 0 rings (SSSR count). The fourth-order valence-electron chi connectivity index (χ4n) is 4.15. The van der Waals surface area contributed by atoms with Crippen molar-refractivity contribution in [2.75, 3.05) is 26.8 Å². The number of hydrogen-bond donors (Lipinski definition) is 2. The van der Waals surface area contributed by atoms with Gasteiger partial charge in [0, 0.05) is 6.42 Å². The Bertz CT molecular complexity index is 489. The monoisotopic (exact) mass is 492 g/mol. The zero-order valence-electron chi connectivity index (χ0n) is 22.0. The van der Waals surface area contributed by atoms with Crippen molar-refractivity contribution in [3.05, 3.63) is 0 Å². The standard InChI is InChI=1S/C26H54NO5P/c1-4-5-6-7-8-9-10-11-12-13-14-15-16-17-20-26(23-25(2)28)24-32-33(29,30)31-22-19-18-21-27-3/h26-27H,4-24H2,1-3H3,(H,29,30)/p+1. The molecule has 0 saturated heterocycles. The van der Waals surface area contributed by atoms with E-state index in [9.17, 15) is 14.3 Å². The van der Waals surface area contributed by atoms with Crippen LogP contribution < -0.4 is 5.32 Å². The highest BCUT2D eigenvalue weighted by molar-refractivity contribution is 7.47. The number of phosphoric ester groups is 1. The molecule has 2 unspecified atom stereocenters. The topological polar surface area (TPSA) is 89.4 Å². The van der Waals surface area contributed by atoms with Gasteiger partial charge >= 0.3 is 7.82 Å². The van der Waals surface area contributed by atoms with Gasteiger partial charge in [0.25, 0.3) is 0 Å². The summed E-state index contributed by atoms with van der Waals surface area (Å²) < 4.78 is 22.3. The second kappa shape index (κ2) is 23.5. The fraction of sp³-hybridized carbons (Fsp3) is 0.962. The van der Waals surface area contributed by atoms with E-state index >= 15 is 0 Å². The van der Waals surface area contributed by atoms with Crippen LogP contribution in [-0.4, -0.2) is 37.5 Å². The van der Waals surface area contributed by atoms with Gasteiger partial charge in [-0.1, -0.05) is 96.8 Å². The molecule has 0 bridgehead atoms. The lowest BCUT2D eigenvalue weighted by atomic mass is 9.96. The molecule has 0 aromatic heterocycles. The molecule has 0 heterocycles. The fourth-order valence-corrected chi connectivity index (χ4v) is 4.98. The maximum absolute atomic E-state index is 12.1. The van der Waals surface area contributed by atoms with E-state index in [0.717, 1.165) is 38.6 Å². The van der Waals surface area contributed by atoms with Crippen LogP contribution >= 0.6 is 7.82 Å². The molecule has 3 N–H and O–H groups in total. The minimum absolute atomic E-state index is 0.0152. The predicted molar refractivity (Wildman–Crippen MR) is 137 cm³/mol. The largest absolute Gasteiger partial charge is 0.472 e. The third-order valence-corrected chi connectivity index (χ3v) is 7.14. The van der Waals surface area contributed by atoms with E-state index in [4.69, 9.17) is 9.05 Å². The first-order valence-corrected chi connectivity index (χ1v) is 15.3. The number of hydrogen-bond acceptors (Lipinski definition) is 4. The number of nitrogens with two attached hydrogens (primary N) is 1. The molecule has 2 atom stereocenters. The van der Waals surface area contributed by atoms with Gasteiger partial charge in [0.05, 0.1) is 26.8 Å². The highest BCUT2D eigenvalue weighted by atomic mass is 31.2. The SMILES string of the molecule is CCCCCCCCCCCCCCCCC(COP(=O)(O)OCCCC[NH2+]C)CC(C)=O. The molecule has 198 valence electrons. The molecule has 0 radical (unpaired) electrons. The van der Waals surface area contributed by atoms with Crippen LogP contribution in [0.25, 0.3) is 0 Å². The summed E-state index contributed by atoms with van der Waals surface area (Å²) in [4.78, 5) is 21.4.